The molecule has 20 heavy (non-hydrogen) atoms. The number of hydrogen-bond donors (Lipinski definition) is 2. The average molecular weight is 303 g/mol. The summed E-state index contributed by atoms with van der Waals surface area (Å²) in [5.74, 6) is -0.749. The molecule has 1 rings (SSSR count). The molecule has 0 unspecified atom stereocenters. The maximum absolute atomic E-state index is 11.7. The van der Waals surface area contributed by atoms with Crippen molar-refractivity contribution in [1.82, 2.24) is 0 Å². The second kappa shape index (κ2) is 7.71. The fourth-order valence-electron chi connectivity index (χ4n) is 1.39. The van der Waals surface area contributed by atoms with Crippen LogP contribution in [0.3, 0.4) is 0 Å². The van der Waals surface area contributed by atoms with E-state index in [-0.39, 0.29) is 5.75 Å². The van der Waals surface area contributed by atoms with Crippen molar-refractivity contribution in [3.05, 3.63) is 24.3 Å². The van der Waals surface area contributed by atoms with Crippen LogP contribution in [-0.4, -0.2) is 45.6 Å². The Morgan fingerprint density at radius 1 is 1.30 bits per heavy atom. The van der Waals surface area contributed by atoms with Crippen LogP contribution >= 0.6 is 0 Å². The number of sulfonamides is 1. The smallest absolute Gasteiger partial charge is 0.341 e. The highest BCUT2D eigenvalue weighted by atomic mass is 32.2. The van der Waals surface area contributed by atoms with Gasteiger partial charge in [0.05, 0.1) is 5.75 Å². The van der Waals surface area contributed by atoms with E-state index in [1.807, 2.05) is 0 Å². The highest BCUT2D eigenvalue weighted by Gasteiger charge is 2.10. The monoisotopic (exact) mass is 303 g/mol. The maximum Gasteiger partial charge on any atom is 0.341 e. The van der Waals surface area contributed by atoms with Crippen LogP contribution in [0, 0.1) is 0 Å². The highest BCUT2D eigenvalue weighted by molar-refractivity contribution is 7.92. The predicted octanol–water partition coefficient (Wildman–Crippen LogP) is 0.928. The van der Waals surface area contributed by atoms with Gasteiger partial charge in [0, 0.05) is 19.4 Å². The lowest BCUT2D eigenvalue weighted by Gasteiger charge is -2.09. The van der Waals surface area contributed by atoms with Crippen LogP contribution in [0.5, 0.6) is 5.75 Å². The number of anilines is 1. The summed E-state index contributed by atoms with van der Waals surface area (Å²) in [6.07, 6.45) is 0.408. The molecule has 7 nitrogen and oxygen atoms in total. The number of carbonyl (C=O) groups is 1. The summed E-state index contributed by atoms with van der Waals surface area (Å²) in [5.41, 5.74) is 0.394. The fourth-order valence-corrected chi connectivity index (χ4v) is 2.48. The van der Waals surface area contributed by atoms with Crippen molar-refractivity contribution in [2.75, 3.05) is 30.8 Å². The molecule has 0 bridgehead atoms. The third-order valence-electron chi connectivity index (χ3n) is 2.25. The largest absolute Gasteiger partial charge is 0.482 e. The lowest BCUT2D eigenvalue weighted by atomic mass is 10.3. The number of rotatable bonds is 9. The van der Waals surface area contributed by atoms with Crippen molar-refractivity contribution in [2.45, 2.75) is 6.42 Å². The van der Waals surface area contributed by atoms with Crippen molar-refractivity contribution in [3.63, 3.8) is 0 Å². The number of nitrogens with one attached hydrogen (secondary N) is 1. The Balaban J connectivity index is 2.54. The molecule has 0 aliphatic rings. The number of carboxylic acids is 1. The molecule has 0 amide bonds. The molecule has 1 aromatic rings. The van der Waals surface area contributed by atoms with E-state index in [1.165, 1.54) is 31.4 Å². The first-order valence-electron chi connectivity index (χ1n) is 5.87. The van der Waals surface area contributed by atoms with Gasteiger partial charge in [-0.15, -0.1) is 0 Å². The van der Waals surface area contributed by atoms with E-state index in [0.29, 0.717) is 24.5 Å². The zero-order chi connectivity index (χ0) is 15.0. The first-order valence-corrected chi connectivity index (χ1v) is 7.52. The number of carboxylic acid groups (broad SMARTS) is 1. The SMILES string of the molecule is COCCCS(=O)(=O)Nc1ccc(OCC(=O)O)cc1. The van der Waals surface area contributed by atoms with E-state index in [0.717, 1.165) is 0 Å². The number of ether oxygens (including phenoxy) is 2. The second-order valence-corrected chi connectivity index (χ2v) is 5.82. The van der Waals surface area contributed by atoms with Gasteiger partial charge in [-0.1, -0.05) is 0 Å². The van der Waals surface area contributed by atoms with E-state index in [2.05, 4.69) is 4.72 Å². The standard InChI is InChI=1S/C12H17NO6S/c1-18-7-2-8-20(16,17)13-10-3-5-11(6-4-10)19-9-12(14)15/h3-6,13H,2,7-9H2,1H3,(H,14,15). The molecule has 8 heteroatoms. The lowest BCUT2D eigenvalue weighted by Crippen LogP contribution is -2.17. The van der Waals surface area contributed by atoms with Crippen LogP contribution in [0.4, 0.5) is 5.69 Å². The number of aliphatic carboxylic acids is 1. The van der Waals surface area contributed by atoms with E-state index in [9.17, 15) is 13.2 Å². The Kier molecular flexibility index (Phi) is 6.26. The van der Waals surface area contributed by atoms with Gasteiger partial charge in [-0.05, 0) is 30.7 Å². The third-order valence-corrected chi connectivity index (χ3v) is 3.62. The Hall–Kier alpha value is -1.80. The van der Waals surface area contributed by atoms with Gasteiger partial charge in [0.2, 0.25) is 10.0 Å². The fraction of sp³-hybridized carbons (Fsp3) is 0.417. The topological polar surface area (TPSA) is 102 Å². The predicted molar refractivity (Wildman–Crippen MR) is 73.5 cm³/mol. The van der Waals surface area contributed by atoms with Gasteiger partial charge in [0.25, 0.3) is 0 Å². The molecule has 0 aliphatic carbocycles. The first-order chi connectivity index (χ1) is 9.43. The highest BCUT2D eigenvalue weighted by Crippen LogP contribution is 2.16. The number of benzene rings is 1. The number of methoxy groups -OCH3 is 1. The Morgan fingerprint density at radius 2 is 1.95 bits per heavy atom. The Labute approximate surface area is 117 Å². The minimum atomic E-state index is -3.41. The normalized spacial score (nSPS) is 11.1. The van der Waals surface area contributed by atoms with Crippen LogP contribution in [0.2, 0.25) is 0 Å². The average Bonchev–Trinajstić information content (AvgIpc) is 2.37. The Morgan fingerprint density at radius 3 is 2.50 bits per heavy atom. The minimum Gasteiger partial charge on any atom is -0.482 e. The molecule has 0 atom stereocenters. The van der Waals surface area contributed by atoms with Gasteiger partial charge in [-0.3, -0.25) is 4.72 Å². The van der Waals surface area contributed by atoms with E-state index in [4.69, 9.17) is 14.6 Å². The van der Waals surface area contributed by atoms with Crippen molar-refractivity contribution in [1.29, 1.82) is 0 Å². The van der Waals surface area contributed by atoms with Gasteiger partial charge in [-0.25, -0.2) is 13.2 Å². The van der Waals surface area contributed by atoms with Gasteiger partial charge >= 0.3 is 5.97 Å². The van der Waals surface area contributed by atoms with Crippen LogP contribution in [0.1, 0.15) is 6.42 Å². The summed E-state index contributed by atoms with van der Waals surface area (Å²) < 4.78 is 35.5. The maximum atomic E-state index is 11.7. The van der Waals surface area contributed by atoms with Crippen molar-refractivity contribution < 1.29 is 27.8 Å². The summed E-state index contributed by atoms with van der Waals surface area (Å²) in [4.78, 5) is 10.3. The van der Waals surface area contributed by atoms with Crippen LogP contribution < -0.4 is 9.46 Å². The molecule has 0 saturated heterocycles. The van der Waals surface area contributed by atoms with Crippen LogP contribution in [0.25, 0.3) is 0 Å². The van der Waals surface area contributed by atoms with E-state index in [1.54, 1.807) is 0 Å². The quantitative estimate of drug-likeness (QED) is 0.658. The van der Waals surface area contributed by atoms with Crippen LogP contribution in [0.15, 0.2) is 24.3 Å². The zero-order valence-corrected chi connectivity index (χ0v) is 11.9. The summed E-state index contributed by atoms with van der Waals surface area (Å²) in [6.45, 7) is -0.0645. The van der Waals surface area contributed by atoms with Gasteiger partial charge in [-0.2, -0.15) is 0 Å². The number of hydrogen-bond acceptors (Lipinski definition) is 5. The minimum absolute atomic E-state index is 0.0297. The molecule has 112 valence electrons. The van der Waals surface area contributed by atoms with E-state index < -0.39 is 22.6 Å². The van der Waals surface area contributed by atoms with Crippen LogP contribution in [-0.2, 0) is 19.6 Å². The molecular weight excluding hydrogens is 286 g/mol. The molecule has 0 saturated carbocycles. The summed E-state index contributed by atoms with van der Waals surface area (Å²) >= 11 is 0. The van der Waals surface area contributed by atoms with Crippen molar-refractivity contribution in [2.24, 2.45) is 0 Å². The summed E-state index contributed by atoms with van der Waals surface area (Å²) in [5, 5.41) is 8.46. The molecule has 0 fully saturated rings. The summed E-state index contributed by atoms with van der Waals surface area (Å²) in [6, 6.07) is 6.00. The Bertz CT molecular complexity index is 525. The molecular formula is C12H17NO6S. The zero-order valence-electron chi connectivity index (χ0n) is 11.0. The molecule has 1 aromatic carbocycles. The summed E-state index contributed by atoms with van der Waals surface area (Å²) in [7, 11) is -1.90. The molecule has 0 spiro atoms. The van der Waals surface area contributed by atoms with Gasteiger partial charge in [0.15, 0.2) is 6.61 Å². The second-order valence-electron chi connectivity index (χ2n) is 3.97. The van der Waals surface area contributed by atoms with Gasteiger partial charge in [0.1, 0.15) is 5.75 Å². The lowest BCUT2D eigenvalue weighted by molar-refractivity contribution is -0.139. The molecule has 2 N–H and O–H groups in total. The first kappa shape index (κ1) is 16.3. The molecule has 0 aromatic heterocycles. The third kappa shape index (κ3) is 6.39. The van der Waals surface area contributed by atoms with Crippen molar-refractivity contribution in [3.8, 4) is 5.75 Å². The molecule has 0 heterocycles. The van der Waals surface area contributed by atoms with E-state index >= 15 is 0 Å². The van der Waals surface area contributed by atoms with Crippen molar-refractivity contribution >= 4 is 21.7 Å². The molecule has 0 aliphatic heterocycles. The molecule has 0 radical (unpaired) electrons. The van der Waals surface area contributed by atoms with Gasteiger partial charge < -0.3 is 14.6 Å².